The molecule has 0 saturated carbocycles. The first-order valence-corrected chi connectivity index (χ1v) is 9.61. The Balaban J connectivity index is 1.52. The maximum Gasteiger partial charge on any atom is 0.255 e. The van der Waals surface area contributed by atoms with Gasteiger partial charge in [0.05, 0.1) is 11.6 Å². The van der Waals surface area contributed by atoms with Crippen molar-refractivity contribution < 1.29 is 9.18 Å². The minimum Gasteiger partial charge on any atom is -0.332 e. The molecule has 1 aliphatic heterocycles. The molecule has 0 spiro atoms. The van der Waals surface area contributed by atoms with Crippen LogP contribution >= 0.6 is 0 Å². The molecule has 4 rings (SSSR count). The van der Waals surface area contributed by atoms with E-state index in [0.29, 0.717) is 12.0 Å². The van der Waals surface area contributed by atoms with Gasteiger partial charge in [-0.3, -0.25) is 14.8 Å². The molecule has 0 aliphatic carbocycles. The molecule has 2 aromatic heterocycles. The van der Waals surface area contributed by atoms with Crippen LogP contribution in [0.1, 0.15) is 52.5 Å². The first-order valence-electron chi connectivity index (χ1n) is 9.61. The Morgan fingerprint density at radius 2 is 2.04 bits per heavy atom. The van der Waals surface area contributed by atoms with Crippen LogP contribution in [0, 0.1) is 5.82 Å². The van der Waals surface area contributed by atoms with Crippen molar-refractivity contribution in [3.63, 3.8) is 0 Å². The number of rotatable bonds is 4. The molecule has 3 heterocycles. The van der Waals surface area contributed by atoms with Gasteiger partial charge in [-0.2, -0.15) is 0 Å². The Kier molecular flexibility index (Phi) is 5.42. The Bertz CT molecular complexity index is 944. The van der Waals surface area contributed by atoms with E-state index in [0.717, 1.165) is 42.6 Å². The first kappa shape index (κ1) is 18.3. The molecule has 0 unspecified atom stereocenters. The van der Waals surface area contributed by atoms with E-state index in [4.69, 9.17) is 0 Å². The van der Waals surface area contributed by atoms with Crippen molar-refractivity contribution >= 4 is 5.91 Å². The molecule has 3 aromatic rings. The molecule has 1 atom stereocenters. The molecule has 28 heavy (non-hydrogen) atoms. The van der Waals surface area contributed by atoms with Crippen molar-refractivity contribution in [1.82, 2.24) is 14.9 Å². The highest BCUT2D eigenvalue weighted by molar-refractivity contribution is 5.94. The summed E-state index contributed by atoms with van der Waals surface area (Å²) in [5.74, 6) is -0.220. The fourth-order valence-corrected chi connectivity index (χ4v) is 3.77. The van der Waals surface area contributed by atoms with Crippen LogP contribution in [-0.4, -0.2) is 27.3 Å². The second-order valence-corrected chi connectivity index (χ2v) is 7.14. The number of aromatic nitrogens is 2. The fourth-order valence-electron chi connectivity index (χ4n) is 3.77. The van der Waals surface area contributed by atoms with Crippen LogP contribution in [-0.2, 0) is 6.42 Å². The number of hydrogen-bond acceptors (Lipinski definition) is 3. The first-order chi connectivity index (χ1) is 13.7. The number of piperidine rings is 1. The van der Waals surface area contributed by atoms with E-state index in [1.54, 1.807) is 30.6 Å². The van der Waals surface area contributed by atoms with Crippen molar-refractivity contribution in [2.45, 2.75) is 31.7 Å². The molecule has 1 aliphatic rings. The standard InChI is InChI=1S/C23H22FN3O/c24-20-7-3-5-17(13-20)14-21-10-9-18(16-26-21)22-8-1-2-12-27(22)23(28)19-6-4-11-25-15-19/h3-7,9-11,13,15-16,22H,1-2,8,12,14H2/t22-/m0/s1. The molecule has 142 valence electrons. The number of halogens is 1. The normalized spacial score (nSPS) is 16.8. The number of carbonyl (C=O) groups is 1. The molecule has 0 N–H and O–H groups in total. The molecule has 0 bridgehead atoms. The van der Waals surface area contributed by atoms with Crippen LogP contribution in [0.2, 0.25) is 0 Å². The highest BCUT2D eigenvalue weighted by atomic mass is 19.1. The van der Waals surface area contributed by atoms with E-state index < -0.39 is 0 Å². The summed E-state index contributed by atoms with van der Waals surface area (Å²) in [5, 5.41) is 0. The third kappa shape index (κ3) is 4.09. The summed E-state index contributed by atoms with van der Waals surface area (Å²) in [6.45, 7) is 0.740. The van der Waals surface area contributed by atoms with Gasteiger partial charge in [0, 0.05) is 37.3 Å². The molecule has 5 heteroatoms. The summed E-state index contributed by atoms with van der Waals surface area (Å²) in [4.78, 5) is 23.5. The zero-order valence-electron chi connectivity index (χ0n) is 15.6. The number of pyridine rings is 2. The highest BCUT2D eigenvalue weighted by Gasteiger charge is 2.29. The van der Waals surface area contributed by atoms with Gasteiger partial charge >= 0.3 is 0 Å². The quantitative estimate of drug-likeness (QED) is 0.671. The molecule has 1 amide bonds. The summed E-state index contributed by atoms with van der Waals surface area (Å²) in [6, 6.07) is 14.2. The third-order valence-corrected chi connectivity index (χ3v) is 5.18. The van der Waals surface area contributed by atoms with Crippen molar-refractivity contribution in [3.05, 3.63) is 95.3 Å². The van der Waals surface area contributed by atoms with Gasteiger partial charge in [0.2, 0.25) is 0 Å². The zero-order valence-corrected chi connectivity index (χ0v) is 15.6. The van der Waals surface area contributed by atoms with Crippen LogP contribution in [0.15, 0.2) is 67.1 Å². The van der Waals surface area contributed by atoms with Crippen molar-refractivity contribution in [3.8, 4) is 0 Å². The van der Waals surface area contributed by atoms with Gasteiger partial charge in [-0.15, -0.1) is 0 Å². The maximum atomic E-state index is 13.4. The molecule has 4 nitrogen and oxygen atoms in total. The summed E-state index contributed by atoms with van der Waals surface area (Å²) >= 11 is 0. The molecule has 1 aromatic carbocycles. The lowest BCUT2D eigenvalue weighted by atomic mass is 9.95. The summed E-state index contributed by atoms with van der Waals surface area (Å²) in [5.41, 5.74) is 3.44. The molecular weight excluding hydrogens is 353 g/mol. The number of benzene rings is 1. The minimum atomic E-state index is -0.235. The van der Waals surface area contributed by atoms with Gasteiger partial charge < -0.3 is 4.90 Å². The molecule has 0 radical (unpaired) electrons. The van der Waals surface area contributed by atoms with Gasteiger partial charge in [0.15, 0.2) is 0 Å². The van der Waals surface area contributed by atoms with E-state index in [9.17, 15) is 9.18 Å². The van der Waals surface area contributed by atoms with Crippen LogP contribution in [0.4, 0.5) is 4.39 Å². The molecule has 1 fully saturated rings. The number of likely N-dealkylation sites (tertiary alicyclic amines) is 1. The van der Waals surface area contributed by atoms with Crippen molar-refractivity contribution in [2.75, 3.05) is 6.54 Å². The smallest absolute Gasteiger partial charge is 0.255 e. The zero-order chi connectivity index (χ0) is 19.3. The molecule has 1 saturated heterocycles. The average molecular weight is 375 g/mol. The predicted octanol–water partition coefficient (Wildman–Crippen LogP) is 4.57. The summed E-state index contributed by atoms with van der Waals surface area (Å²) < 4.78 is 13.4. The van der Waals surface area contributed by atoms with E-state index in [1.807, 2.05) is 29.3 Å². The number of amides is 1. The van der Waals surface area contributed by atoms with E-state index in [-0.39, 0.29) is 17.8 Å². The second-order valence-electron chi connectivity index (χ2n) is 7.14. The Hall–Kier alpha value is -3.08. The largest absolute Gasteiger partial charge is 0.332 e. The maximum absolute atomic E-state index is 13.4. The number of nitrogens with zero attached hydrogens (tertiary/aromatic N) is 3. The average Bonchev–Trinajstić information content (AvgIpc) is 2.74. The Morgan fingerprint density at radius 3 is 2.79 bits per heavy atom. The Morgan fingerprint density at radius 1 is 1.11 bits per heavy atom. The predicted molar refractivity (Wildman–Crippen MR) is 105 cm³/mol. The number of carbonyl (C=O) groups excluding carboxylic acids is 1. The van der Waals surface area contributed by atoms with Gasteiger partial charge in [-0.05, 0) is 60.7 Å². The third-order valence-electron chi connectivity index (χ3n) is 5.18. The van der Waals surface area contributed by atoms with E-state index in [2.05, 4.69) is 9.97 Å². The monoisotopic (exact) mass is 375 g/mol. The van der Waals surface area contributed by atoms with E-state index in [1.165, 1.54) is 12.1 Å². The summed E-state index contributed by atoms with van der Waals surface area (Å²) in [6.07, 6.45) is 8.76. The fraction of sp³-hybridized carbons (Fsp3) is 0.261. The topological polar surface area (TPSA) is 46.1 Å². The highest BCUT2D eigenvalue weighted by Crippen LogP contribution is 2.32. The van der Waals surface area contributed by atoms with Crippen LogP contribution in [0.3, 0.4) is 0 Å². The lowest BCUT2D eigenvalue weighted by Crippen LogP contribution is -2.38. The van der Waals surface area contributed by atoms with Gasteiger partial charge in [0.1, 0.15) is 5.82 Å². The SMILES string of the molecule is O=C(c1cccnc1)N1CCCC[C@H]1c1ccc(Cc2cccc(F)c2)nc1. The van der Waals surface area contributed by atoms with Gasteiger partial charge in [-0.25, -0.2) is 4.39 Å². The van der Waals surface area contributed by atoms with Crippen LogP contribution < -0.4 is 0 Å². The lowest BCUT2D eigenvalue weighted by molar-refractivity contribution is 0.0610. The van der Waals surface area contributed by atoms with E-state index >= 15 is 0 Å². The number of hydrogen-bond donors (Lipinski definition) is 0. The van der Waals surface area contributed by atoms with Crippen LogP contribution in [0.5, 0.6) is 0 Å². The van der Waals surface area contributed by atoms with Crippen LogP contribution in [0.25, 0.3) is 0 Å². The Labute approximate surface area is 164 Å². The van der Waals surface area contributed by atoms with Gasteiger partial charge in [-0.1, -0.05) is 18.2 Å². The van der Waals surface area contributed by atoms with Gasteiger partial charge in [0.25, 0.3) is 5.91 Å². The lowest BCUT2D eigenvalue weighted by Gasteiger charge is -2.36. The van der Waals surface area contributed by atoms with Crippen molar-refractivity contribution in [2.24, 2.45) is 0 Å². The molecular formula is C23H22FN3O. The summed E-state index contributed by atoms with van der Waals surface area (Å²) in [7, 11) is 0. The minimum absolute atomic E-state index is 0.0154. The second kappa shape index (κ2) is 8.30. The van der Waals surface area contributed by atoms with Crippen molar-refractivity contribution in [1.29, 1.82) is 0 Å².